The van der Waals surface area contributed by atoms with Gasteiger partial charge in [-0.2, -0.15) is 0 Å². The summed E-state index contributed by atoms with van der Waals surface area (Å²) in [5.74, 6) is 7.11. The van der Waals surface area contributed by atoms with E-state index in [1.165, 1.54) is 64.6 Å². The molecule has 0 aromatic heterocycles. The molecule has 0 heteroatoms. The van der Waals surface area contributed by atoms with Gasteiger partial charge in [0.05, 0.1) is 0 Å². The number of hydrogen-bond acceptors (Lipinski definition) is 0. The van der Waals surface area contributed by atoms with Crippen LogP contribution in [0.5, 0.6) is 0 Å². The highest BCUT2D eigenvalue weighted by atomic mass is 14.2. The lowest BCUT2D eigenvalue weighted by Crippen LogP contribution is -2.10. The van der Waals surface area contributed by atoms with Crippen LogP contribution in [0.2, 0.25) is 0 Å². The molecule has 0 unspecified atom stereocenters. The molecular weight excluding hydrogens is 408 g/mol. The summed E-state index contributed by atoms with van der Waals surface area (Å²) in [7, 11) is 0. The van der Waals surface area contributed by atoms with Gasteiger partial charge < -0.3 is 0 Å². The Kier molecular flexibility index (Phi) is 3.52. The fourth-order valence-corrected chi connectivity index (χ4v) is 6.10. The van der Waals surface area contributed by atoms with Crippen LogP contribution in [0.4, 0.5) is 0 Å². The second-order valence-electron chi connectivity index (χ2n) is 9.48. The van der Waals surface area contributed by atoms with Crippen LogP contribution in [0.25, 0.3) is 59.9 Å². The van der Waals surface area contributed by atoms with E-state index in [9.17, 15) is 0 Å². The van der Waals surface area contributed by atoms with Crippen molar-refractivity contribution in [2.24, 2.45) is 0 Å². The fourth-order valence-electron chi connectivity index (χ4n) is 6.10. The van der Waals surface area contributed by atoms with E-state index >= 15 is 0 Å². The van der Waals surface area contributed by atoms with E-state index in [0.29, 0.717) is 0 Å². The van der Waals surface area contributed by atoms with Crippen LogP contribution < -0.4 is 5.22 Å². The summed E-state index contributed by atoms with van der Waals surface area (Å²) in [4.78, 5) is 0. The van der Waals surface area contributed by atoms with Crippen molar-refractivity contribution in [1.29, 1.82) is 0 Å². The van der Waals surface area contributed by atoms with Crippen molar-refractivity contribution >= 4 is 59.9 Å². The number of hydrogen-bond donors (Lipinski definition) is 0. The molecule has 7 aromatic carbocycles. The third-order valence-corrected chi connectivity index (χ3v) is 7.67. The molecule has 0 amide bonds. The Bertz CT molecular complexity index is 2050. The monoisotopic (exact) mass is 428 g/mol. The van der Waals surface area contributed by atoms with Crippen molar-refractivity contribution in [2.45, 2.75) is 12.8 Å². The summed E-state index contributed by atoms with van der Waals surface area (Å²) in [6, 6.07) is 33.4. The first-order valence-electron chi connectivity index (χ1n) is 12.0. The molecule has 0 bridgehead atoms. The molecule has 0 fully saturated rings. The summed E-state index contributed by atoms with van der Waals surface area (Å²) >= 11 is 0. The molecule has 1 aliphatic rings. The minimum atomic E-state index is 1.09. The van der Waals surface area contributed by atoms with Gasteiger partial charge in [0.2, 0.25) is 0 Å². The number of rotatable bonds is 0. The van der Waals surface area contributed by atoms with E-state index in [1.807, 2.05) is 0 Å². The summed E-state index contributed by atoms with van der Waals surface area (Å²) in [5, 5.41) is 14.5. The van der Waals surface area contributed by atoms with Crippen LogP contribution >= 0.6 is 0 Å². The lowest BCUT2D eigenvalue weighted by atomic mass is 9.88. The summed E-state index contributed by atoms with van der Waals surface area (Å²) in [5.41, 5.74) is 3.66. The predicted octanol–water partition coefficient (Wildman–Crippen LogP) is 7.74. The van der Waals surface area contributed by atoms with Crippen molar-refractivity contribution in [3.63, 3.8) is 0 Å². The first kappa shape index (κ1) is 18.1. The molecule has 0 radical (unpaired) electrons. The van der Waals surface area contributed by atoms with Crippen molar-refractivity contribution in [2.75, 3.05) is 0 Å². The molecular formula is C34H20. The average Bonchev–Trinajstić information content (AvgIpc) is 2.90. The van der Waals surface area contributed by atoms with Crippen molar-refractivity contribution in [3.05, 3.63) is 113 Å². The largest absolute Gasteiger partial charge is 0.0763 e. The Morgan fingerprint density at radius 1 is 0.471 bits per heavy atom. The van der Waals surface area contributed by atoms with E-state index in [0.717, 1.165) is 24.0 Å². The van der Waals surface area contributed by atoms with E-state index in [1.54, 1.807) is 0 Å². The maximum absolute atomic E-state index is 3.56. The second-order valence-corrected chi connectivity index (χ2v) is 9.48. The Labute approximate surface area is 197 Å². The van der Waals surface area contributed by atoms with E-state index < -0.39 is 0 Å². The fraction of sp³-hybridized carbons (Fsp3) is 0.0588. The molecule has 1 aliphatic carbocycles. The van der Waals surface area contributed by atoms with Gasteiger partial charge in [0.25, 0.3) is 0 Å². The van der Waals surface area contributed by atoms with Crippen LogP contribution in [-0.4, -0.2) is 0 Å². The van der Waals surface area contributed by atoms with Gasteiger partial charge in [-0.05, 0) is 89.6 Å². The van der Waals surface area contributed by atoms with Crippen molar-refractivity contribution in [3.8, 4) is 11.8 Å². The average molecular weight is 429 g/mol. The zero-order chi connectivity index (χ0) is 22.2. The normalized spacial score (nSPS) is 13.1. The minimum absolute atomic E-state index is 1.09. The zero-order valence-corrected chi connectivity index (χ0v) is 18.7. The van der Waals surface area contributed by atoms with Crippen molar-refractivity contribution < 1.29 is 0 Å². The van der Waals surface area contributed by atoms with Crippen LogP contribution in [0.3, 0.4) is 0 Å². The molecule has 0 saturated carbocycles. The first-order valence-corrected chi connectivity index (χ1v) is 12.0. The Morgan fingerprint density at radius 3 is 1.76 bits per heavy atom. The summed E-state index contributed by atoms with van der Waals surface area (Å²) < 4.78 is 0. The second kappa shape index (κ2) is 6.60. The Hall–Kier alpha value is -4.34. The molecule has 0 nitrogen and oxygen atoms in total. The maximum atomic E-state index is 3.56. The smallest absolute Gasteiger partial charge is 0.0328 e. The van der Waals surface area contributed by atoms with Crippen LogP contribution in [0.15, 0.2) is 91.0 Å². The van der Waals surface area contributed by atoms with E-state index in [-0.39, 0.29) is 0 Å². The molecule has 0 saturated heterocycles. The lowest BCUT2D eigenvalue weighted by molar-refractivity contribution is 1.04. The van der Waals surface area contributed by atoms with Gasteiger partial charge in [0.15, 0.2) is 0 Å². The predicted molar refractivity (Wildman–Crippen MR) is 146 cm³/mol. The van der Waals surface area contributed by atoms with Gasteiger partial charge >= 0.3 is 0 Å². The maximum Gasteiger partial charge on any atom is 0.0328 e. The standard InChI is InChI=1S/C34H20/c1-3-23-13-15-27-11-9-21(29-19-17-25(5-1)31(23)33(27)29)7-8-22-10-12-28-16-14-24-4-2-6-26-18-20-30(22)34(28)32(24)26/h1,3,5-6,9-20H,2,4H2. The summed E-state index contributed by atoms with van der Waals surface area (Å²) in [6.07, 6.45) is 4.63. The van der Waals surface area contributed by atoms with E-state index in [2.05, 4.69) is 109 Å². The summed E-state index contributed by atoms with van der Waals surface area (Å²) in [6.45, 7) is 0. The highest BCUT2D eigenvalue weighted by Crippen LogP contribution is 2.36. The van der Waals surface area contributed by atoms with E-state index in [4.69, 9.17) is 0 Å². The third-order valence-electron chi connectivity index (χ3n) is 7.67. The molecule has 0 spiro atoms. The number of benzene rings is 7. The van der Waals surface area contributed by atoms with Gasteiger partial charge in [-0.25, -0.2) is 0 Å². The molecule has 0 N–H and O–H groups in total. The van der Waals surface area contributed by atoms with Gasteiger partial charge in [-0.3, -0.25) is 0 Å². The quantitative estimate of drug-likeness (QED) is 0.171. The Balaban J connectivity index is 1.39. The molecule has 0 aliphatic heterocycles. The highest BCUT2D eigenvalue weighted by Gasteiger charge is 2.13. The Morgan fingerprint density at radius 2 is 1.03 bits per heavy atom. The minimum Gasteiger partial charge on any atom is -0.0763 e. The molecule has 34 heavy (non-hydrogen) atoms. The van der Waals surface area contributed by atoms with Gasteiger partial charge in [0, 0.05) is 11.1 Å². The van der Waals surface area contributed by atoms with Crippen LogP contribution in [-0.2, 0) is 6.42 Å². The molecule has 0 heterocycles. The highest BCUT2D eigenvalue weighted by molar-refractivity contribution is 6.24. The first-order chi connectivity index (χ1) is 16.8. The van der Waals surface area contributed by atoms with Gasteiger partial charge in [0.1, 0.15) is 0 Å². The molecule has 156 valence electrons. The van der Waals surface area contributed by atoms with Crippen LogP contribution in [0, 0.1) is 11.8 Å². The molecule has 0 atom stereocenters. The van der Waals surface area contributed by atoms with Crippen molar-refractivity contribution in [1.82, 2.24) is 0 Å². The lowest BCUT2D eigenvalue weighted by Gasteiger charge is -2.15. The molecule has 8 rings (SSSR count). The third kappa shape index (κ3) is 2.39. The number of aryl methyl sites for hydroxylation is 1. The topological polar surface area (TPSA) is 0 Å². The SMILES string of the molecule is C(#Cc1ccc2ccc3cccc4ccc1c2c34)c1ccc2ccc3c4c(ccc1c24)=CCC3. The zero-order valence-electron chi connectivity index (χ0n) is 18.7. The van der Waals surface area contributed by atoms with Crippen LogP contribution in [0.1, 0.15) is 23.1 Å². The van der Waals surface area contributed by atoms with Gasteiger partial charge in [-0.15, -0.1) is 0 Å². The van der Waals surface area contributed by atoms with Gasteiger partial charge in [-0.1, -0.05) is 96.8 Å². The molecule has 7 aromatic rings.